The Morgan fingerprint density at radius 1 is 0.867 bits per heavy atom. The molecule has 0 aromatic carbocycles. The van der Waals surface area contributed by atoms with Crippen molar-refractivity contribution < 1.29 is 0 Å². The third-order valence-electron chi connectivity index (χ3n) is 2.86. The van der Waals surface area contributed by atoms with Crippen molar-refractivity contribution in [1.29, 1.82) is 0 Å². The van der Waals surface area contributed by atoms with Crippen molar-refractivity contribution in [2.45, 2.75) is 33.1 Å². The second kappa shape index (κ2) is 2.68. The maximum atomic E-state index is 4.65. The number of thiazole rings is 2. The number of aryl methyl sites for hydroxylation is 2. The Labute approximate surface area is 97.0 Å². The summed E-state index contributed by atoms with van der Waals surface area (Å²) in [5.41, 5.74) is 2.44. The number of rotatable bonds is 0. The second-order valence-corrected chi connectivity index (χ2v) is 6.85. The van der Waals surface area contributed by atoms with Crippen LogP contribution in [0.25, 0.3) is 9.75 Å². The van der Waals surface area contributed by atoms with Crippen LogP contribution in [0.3, 0.4) is 0 Å². The van der Waals surface area contributed by atoms with Gasteiger partial charge in [-0.2, -0.15) is 0 Å². The number of nitrogens with zero attached hydrogens (tertiary/aromatic N) is 2. The minimum absolute atomic E-state index is 0.000185. The fraction of sp³-hybridized carbons (Fsp3) is 0.455. The zero-order valence-electron chi connectivity index (χ0n) is 9.21. The van der Waals surface area contributed by atoms with Crippen molar-refractivity contribution in [3.8, 4) is 9.75 Å². The summed E-state index contributed by atoms with van der Waals surface area (Å²) < 4.78 is 0. The van der Waals surface area contributed by atoms with Crippen molar-refractivity contribution >= 4 is 22.7 Å². The lowest BCUT2D eigenvalue weighted by molar-refractivity contribution is 0.618. The Bertz CT molecular complexity index is 501. The summed E-state index contributed by atoms with van der Waals surface area (Å²) in [7, 11) is 0. The average molecular weight is 236 g/mol. The van der Waals surface area contributed by atoms with E-state index >= 15 is 0 Å². The molecule has 3 rings (SSSR count). The molecule has 0 bridgehead atoms. The molecular formula is C11H12N2S2. The fourth-order valence-corrected chi connectivity index (χ4v) is 4.41. The summed E-state index contributed by atoms with van der Waals surface area (Å²) >= 11 is 3.59. The molecule has 0 N–H and O–H groups in total. The Hall–Kier alpha value is -0.740. The van der Waals surface area contributed by atoms with Crippen LogP contribution in [-0.4, -0.2) is 9.97 Å². The minimum Gasteiger partial charge on any atom is -0.245 e. The van der Waals surface area contributed by atoms with E-state index in [9.17, 15) is 0 Å². The first-order valence-electron chi connectivity index (χ1n) is 4.96. The molecule has 15 heavy (non-hydrogen) atoms. The first-order valence-corrected chi connectivity index (χ1v) is 6.59. The Morgan fingerprint density at radius 2 is 1.27 bits per heavy atom. The van der Waals surface area contributed by atoms with Crippen LogP contribution >= 0.6 is 22.7 Å². The Balaban J connectivity index is 2.38. The van der Waals surface area contributed by atoms with E-state index in [0.29, 0.717) is 0 Å². The molecule has 0 radical (unpaired) electrons. The van der Waals surface area contributed by atoms with Gasteiger partial charge in [-0.1, -0.05) is 0 Å². The lowest BCUT2D eigenvalue weighted by atomic mass is 9.90. The molecule has 0 amide bonds. The molecular weight excluding hydrogens is 224 g/mol. The Morgan fingerprint density at radius 3 is 1.67 bits per heavy atom. The van der Waals surface area contributed by atoms with Crippen LogP contribution < -0.4 is 0 Å². The smallest absolute Gasteiger partial charge is 0.0904 e. The van der Waals surface area contributed by atoms with Crippen LogP contribution in [0.15, 0.2) is 0 Å². The molecule has 2 aromatic rings. The standard InChI is InChI=1S/C11H12N2S2/c1-5-12-9-7(14-5)8-10(11(9,3)4)13-6(2)15-8/h1-4H3. The maximum Gasteiger partial charge on any atom is 0.0904 e. The van der Waals surface area contributed by atoms with E-state index in [4.69, 9.17) is 0 Å². The second-order valence-electron chi connectivity index (χ2n) is 4.45. The van der Waals surface area contributed by atoms with Crippen molar-refractivity contribution in [1.82, 2.24) is 9.97 Å². The molecule has 1 aliphatic rings. The van der Waals surface area contributed by atoms with Crippen LogP contribution in [0.4, 0.5) is 0 Å². The van der Waals surface area contributed by atoms with Crippen LogP contribution in [0.1, 0.15) is 35.3 Å². The summed E-state index contributed by atoms with van der Waals surface area (Å²) in [4.78, 5) is 12.0. The molecule has 2 nitrogen and oxygen atoms in total. The van der Waals surface area contributed by atoms with E-state index in [-0.39, 0.29) is 5.41 Å². The topological polar surface area (TPSA) is 25.8 Å². The van der Waals surface area contributed by atoms with Gasteiger partial charge in [0.1, 0.15) is 0 Å². The van der Waals surface area contributed by atoms with Gasteiger partial charge in [0.05, 0.1) is 36.6 Å². The highest BCUT2D eigenvalue weighted by Crippen LogP contribution is 2.52. The maximum absolute atomic E-state index is 4.65. The largest absolute Gasteiger partial charge is 0.245 e. The molecule has 1 aliphatic carbocycles. The van der Waals surface area contributed by atoms with E-state index in [1.807, 2.05) is 0 Å². The lowest BCUT2D eigenvalue weighted by Gasteiger charge is -2.15. The highest BCUT2D eigenvalue weighted by atomic mass is 32.1. The summed E-state index contributed by atoms with van der Waals surface area (Å²) in [5, 5.41) is 2.31. The van der Waals surface area contributed by atoms with Gasteiger partial charge < -0.3 is 0 Å². The van der Waals surface area contributed by atoms with Crippen LogP contribution in [0.2, 0.25) is 0 Å². The SMILES string of the molecule is Cc1nc2c(s1)-c1sc(C)nc1C2(C)C. The van der Waals surface area contributed by atoms with E-state index in [1.165, 1.54) is 21.1 Å². The van der Waals surface area contributed by atoms with Gasteiger partial charge in [-0.15, -0.1) is 22.7 Å². The zero-order valence-corrected chi connectivity index (χ0v) is 10.8. The van der Waals surface area contributed by atoms with E-state index in [2.05, 4.69) is 37.7 Å². The van der Waals surface area contributed by atoms with Gasteiger partial charge in [0, 0.05) is 0 Å². The number of hydrogen-bond acceptors (Lipinski definition) is 4. The fourth-order valence-electron chi connectivity index (χ4n) is 2.12. The third kappa shape index (κ3) is 1.09. The number of fused-ring (bicyclic) bond motifs is 3. The average Bonchev–Trinajstić information content (AvgIpc) is 2.72. The summed E-state index contributed by atoms with van der Waals surface area (Å²) in [6.07, 6.45) is 0. The predicted molar refractivity (Wildman–Crippen MR) is 64.8 cm³/mol. The quantitative estimate of drug-likeness (QED) is 0.699. The summed E-state index contributed by atoms with van der Waals surface area (Å²) in [6.45, 7) is 8.59. The van der Waals surface area contributed by atoms with Gasteiger partial charge in [-0.25, -0.2) is 9.97 Å². The molecule has 0 aliphatic heterocycles. The van der Waals surface area contributed by atoms with Crippen molar-refractivity contribution in [2.75, 3.05) is 0 Å². The van der Waals surface area contributed by atoms with Crippen molar-refractivity contribution in [3.05, 3.63) is 21.4 Å². The molecule has 0 saturated carbocycles. The predicted octanol–water partition coefficient (Wildman–Crippen LogP) is 3.52. The third-order valence-corrected chi connectivity index (χ3v) is 4.96. The minimum atomic E-state index is 0.000185. The van der Waals surface area contributed by atoms with Gasteiger partial charge in [-0.05, 0) is 27.7 Å². The number of aromatic nitrogens is 2. The highest BCUT2D eigenvalue weighted by molar-refractivity contribution is 7.22. The van der Waals surface area contributed by atoms with Gasteiger partial charge in [0.2, 0.25) is 0 Å². The van der Waals surface area contributed by atoms with E-state index < -0.39 is 0 Å². The monoisotopic (exact) mass is 236 g/mol. The molecule has 2 heterocycles. The molecule has 0 fully saturated rings. The number of hydrogen-bond donors (Lipinski definition) is 0. The molecule has 2 aromatic heterocycles. The van der Waals surface area contributed by atoms with Gasteiger partial charge >= 0.3 is 0 Å². The highest BCUT2D eigenvalue weighted by Gasteiger charge is 2.41. The molecule has 78 valence electrons. The van der Waals surface area contributed by atoms with Crippen molar-refractivity contribution in [2.24, 2.45) is 0 Å². The first kappa shape index (κ1) is 9.48. The molecule has 4 heteroatoms. The zero-order chi connectivity index (χ0) is 10.8. The Kier molecular flexibility index (Phi) is 1.70. The van der Waals surface area contributed by atoms with E-state index in [1.54, 1.807) is 22.7 Å². The van der Waals surface area contributed by atoms with Gasteiger partial charge in [-0.3, -0.25) is 0 Å². The van der Waals surface area contributed by atoms with Crippen molar-refractivity contribution in [3.63, 3.8) is 0 Å². The van der Waals surface area contributed by atoms with Crippen LogP contribution in [0, 0.1) is 13.8 Å². The lowest BCUT2D eigenvalue weighted by Crippen LogP contribution is -2.17. The van der Waals surface area contributed by atoms with Gasteiger partial charge in [0.25, 0.3) is 0 Å². The summed E-state index contributed by atoms with van der Waals surface area (Å²) in [6, 6.07) is 0. The first-order chi connectivity index (χ1) is 7.00. The molecule has 0 saturated heterocycles. The molecule has 0 spiro atoms. The normalized spacial score (nSPS) is 16.5. The van der Waals surface area contributed by atoms with Crippen LogP contribution in [-0.2, 0) is 5.41 Å². The molecule has 0 atom stereocenters. The molecule has 0 unspecified atom stereocenters. The van der Waals surface area contributed by atoms with Gasteiger partial charge in [0.15, 0.2) is 0 Å². The summed E-state index contributed by atoms with van der Waals surface area (Å²) in [5.74, 6) is 0. The van der Waals surface area contributed by atoms with E-state index in [0.717, 1.165) is 10.0 Å². The van der Waals surface area contributed by atoms with Crippen LogP contribution in [0.5, 0.6) is 0 Å².